The number of carbonyl (C=O) groups is 2. The van der Waals surface area contributed by atoms with Crippen LogP contribution in [0.3, 0.4) is 0 Å². The molecule has 0 radical (unpaired) electrons. The summed E-state index contributed by atoms with van der Waals surface area (Å²) in [6.07, 6.45) is 4.59. The highest BCUT2D eigenvalue weighted by Gasteiger charge is 2.23. The number of nitrogens with zero attached hydrogens (tertiary/aromatic N) is 2. The maximum Gasteiger partial charge on any atom is 0.251 e. The molecule has 1 fully saturated rings. The van der Waals surface area contributed by atoms with Gasteiger partial charge in [-0.25, -0.2) is 4.98 Å². The Bertz CT molecular complexity index is 712. The van der Waals surface area contributed by atoms with Crippen LogP contribution in [-0.4, -0.2) is 34.4 Å². The number of rotatable bonds is 3. The van der Waals surface area contributed by atoms with Crippen LogP contribution in [0.2, 0.25) is 0 Å². The van der Waals surface area contributed by atoms with Crippen molar-refractivity contribution >= 4 is 17.6 Å². The van der Waals surface area contributed by atoms with E-state index >= 15 is 0 Å². The molecular weight excluding hydrogens is 294 g/mol. The third-order valence-corrected chi connectivity index (χ3v) is 3.71. The van der Waals surface area contributed by atoms with Gasteiger partial charge in [-0.3, -0.25) is 14.6 Å². The average molecular weight is 311 g/mol. The van der Waals surface area contributed by atoms with Gasteiger partial charge in [0.2, 0.25) is 5.91 Å². The molecule has 3 rings (SSSR count). The highest BCUT2D eigenvalue weighted by atomic mass is 16.2. The van der Waals surface area contributed by atoms with E-state index in [1.54, 1.807) is 30.5 Å². The van der Waals surface area contributed by atoms with Crippen molar-refractivity contribution in [3.05, 3.63) is 42.2 Å². The van der Waals surface area contributed by atoms with Gasteiger partial charge in [-0.2, -0.15) is 0 Å². The Hall–Kier alpha value is -2.96. The summed E-state index contributed by atoms with van der Waals surface area (Å²) in [7, 11) is 0. The molecule has 118 valence electrons. The van der Waals surface area contributed by atoms with Gasteiger partial charge in [0.25, 0.3) is 5.91 Å². The molecule has 0 saturated carbocycles. The molecule has 2 aromatic rings. The van der Waals surface area contributed by atoms with Crippen LogP contribution in [0.15, 0.2) is 36.7 Å². The lowest BCUT2D eigenvalue weighted by atomic mass is 10.1. The number of aromatic nitrogens is 2. The first-order valence-electron chi connectivity index (χ1n) is 7.40. The van der Waals surface area contributed by atoms with E-state index in [9.17, 15) is 9.59 Å². The second-order valence-corrected chi connectivity index (χ2v) is 5.36. The summed E-state index contributed by atoms with van der Waals surface area (Å²) in [6, 6.07) is 6.51. The zero-order chi connectivity index (χ0) is 16.2. The van der Waals surface area contributed by atoms with Crippen LogP contribution in [0.1, 0.15) is 23.2 Å². The second kappa shape index (κ2) is 6.43. The van der Waals surface area contributed by atoms with Crippen LogP contribution in [0.4, 0.5) is 5.82 Å². The lowest BCUT2D eigenvalue weighted by molar-refractivity contribution is -0.124. The topological polar surface area (TPSA) is 110 Å². The molecule has 0 spiro atoms. The average Bonchev–Trinajstić information content (AvgIpc) is 2.58. The van der Waals surface area contributed by atoms with E-state index < -0.39 is 6.04 Å². The van der Waals surface area contributed by atoms with E-state index in [2.05, 4.69) is 20.6 Å². The SMILES string of the molecule is Nc1cnc(-c2ccc(C(=O)N[C@H]3CCCNC3=O)cc2)cn1. The molecular formula is C16H17N5O2. The molecule has 7 heteroatoms. The molecule has 2 heterocycles. The summed E-state index contributed by atoms with van der Waals surface area (Å²) >= 11 is 0. The molecule has 4 N–H and O–H groups in total. The molecule has 1 aliphatic heterocycles. The van der Waals surface area contributed by atoms with Crippen LogP contribution < -0.4 is 16.4 Å². The van der Waals surface area contributed by atoms with E-state index in [1.165, 1.54) is 6.20 Å². The van der Waals surface area contributed by atoms with Gasteiger partial charge < -0.3 is 16.4 Å². The first-order valence-corrected chi connectivity index (χ1v) is 7.40. The number of anilines is 1. The second-order valence-electron chi connectivity index (χ2n) is 5.36. The Kier molecular flexibility index (Phi) is 4.18. The van der Waals surface area contributed by atoms with Crippen LogP contribution in [0.25, 0.3) is 11.3 Å². The van der Waals surface area contributed by atoms with Gasteiger partial charge in [0.05, 0.1) is 18.1 Å². The van der Waals surface area contributed by atoms with Gasteiger partial charge in [0, 0.05) is 17.7 Å². The van der Waals surface area contributed by atoms with Crippen molar-refractivity contribution in [3.8, 4) is 11.3 Å². The number of carbonyl (C=O) groups excluding carboxylic acids is 2. The van der Waals surface area contributed by atoms with Crippen LogP contribution >= 0.6 is 0 Å². The number of nitrogen functional groups attached to an aromatic ring is 1. The number of nitrogens with one attached hydrogen (secondary N) is 2. The van der Waals surface area contributed by atoms with Crippen molar-refractivity contribution in [3.63, 3.8) is 0 Å². The molecule has 1 aromatic carbocycles. The maximum atomic E-state index is 12.2. The fourth-order valence-corrected chi connectivity index (χ4v) is 2.43. The first-order chi connectivity index (χ1) is 11.1. The predicted octanol–water partition coefficient (Wildman–Crippen LogP) is 0.734. The normalized spacial score (nSPS) is 17.4. The van der Waals surface area contributed by atoms with Gasteiger partial charge >= 0.3 is 0 Å². The summed E-state index contributed by atoms with van der Waals surface area (Å²) in [6.45, 7) is 0.669. The summed E-state index contributed by atoms with van der Waals surface area (Å²) in [4.78, 5) is 32.1. The molecule has 0 aliphatic carbocycles. The van der Waals surface area contributed by atoms with Crippen LogP contribution in [0, 0.1) is 0 Å². The zero-order valence-corrected chi connectivity index (χ0v) is 12.5. The predicted molar refractivity (Wildman–Crippen MR) is 85.4 cm³/mol. The Morgan fingerprint density at radius 2 is 2.00 bits per heavy atom. The number of hydrogen-bond acceptors (Lipinski definition) is 5. The lowest BCUT2D eigenvalue weighted by Gasteiger charge is -2.22. The third-order valence-electron chi connectivity index (χ3n) is 3.71. The number of hydrogen-bond donors (Lipinski definition) is 3. The number of piperidine rings is 1. The molecule has 0 unspecified atom stereocenters. The van der Waals surface area contributed by atoms with E-state index in [-0.39, 0.29) is 11.8 Å². The van der Waals surface area contributed by atoms with Crippen molar-refractivity contribution in [1.82, 2.24) is 20.6 Å². The standard InChI is InChI=1S/C16H17N5O2/c17-14-9-19-13(8-20-14)10-3-5-11(6-4-10)15(22)21-12-2-1-7-18-16(12)23/h3-6,8-9,12H,1-2,7H2,(H2,17,20)(H,18,23)(H,21,22)/t12-/m0/s1. The highest BCUT2D eigenvalue weighted by Crippen LogP contribution is 2.17. The molecule has 1 atom stereocenters. The van der Waals surface area contributed by atoms with Gasteiger partial charge in [-0.1, -0.05) is 12.1 Å². The van der Waals surface area contributed by atoms with E-state index in [0.717, 1.165) is 12.0 Å². The van der Waals surface area contributed by atoms with Crippen molar-refractivity contribution in [2.45, 2.75) is 18.9 Å². The molecule has 7 nitrogen and oxygen atoms in total. The fourth-order valence-electron chi connectivity index (χ4n) is 2.43. The van der Waals surface area contributed by atoms with Gasteiger partial charge in [0.15, 0.2) is 0 Å². The van der Waals surface area contributed by atoms with Gasteiger partial charge in [0.1, 0.15) is 11.9 Å². The van der Waals surface area contributed by atoms with E-state index in [1.807, 2.05) is 0 Å². The minimum Gasteiger partial charge on any atom is -0.382 e. The van der Waals surface area contributed by atoms with E-state index in [4.69, 9.17) is 5.73 Å². The summed E-state index contributed by atoms with van der Waals surface area (Å²) < 4.78 is 0. The molecule has 23 heavy (non-hydrogen) atoms. The number of amides is 2. The Labute approximate surface area is 133 Å². The maximum absolute atomic E-state index is 12.2. The monoisotopic (exact) mass is 311 g/mol. The zero-order valence-electron chi connectivity index (χ0n) is 12.5. The summed E-state index contributed by atoms with van der Waals surface area (Å²) in [5.74, 6) is -0.0316. The fraction of sp³-hybridized carbons (Fsp3) is 0.250. The largest absolute Gasteiger partial charge is 0.382 e. The van der Waals surface area contributed by atoms with Crippen molar-refractivity contribution < 1.29 is 9.59 Å². The first kappa shape index (κ1) is 15.0. The smallest absolute Gasteiger partial charge is 0.251 e. The number of benzene rings is 1. The van der Waals surface area contributed by atoms with Crippen LogP contribution in [-0.2, 0) is 4.79 Å². The van der Waals surface area contributed by atoms with Crippen molar-refractivity contribution in [1.29, 1.82) is 0 Å². The lowest BCUT2D eigenvalue weighted by Crippen LogP contribution is -2.50. The Balaban J connectivity index is 1.70. The third kappa shape index (κ3) is 3.45. The molecule has 1 aliphatic rings. The van der Waals surface area contributed by atoms with Crippen LogP contribution in [0.5, 0.6) is 0 Å². The highest BCUT2D eigenvalue weighted by molar-refractivity contribution is 5.98. The van der Waals surface area contributed by atoms with Gasteiger partial charge in [-0.15, -0.1) is 0 Å². The van der Waals surface area contributed by atoms with Crippen molar-refractivity contribution in [2.75, 3.05) is 12.3 Å². The van der Waals surface area contributed by atoms with E-state index in [0.29, 0.717) is 30.0 Å². The number of nitrogens with two attached hydrogens (primary N) is 1. The van der Waals surface area contributed by atoms with Gasteiger partial charge in [-0.05, 0) is 25.0 Å². The Morgan fingerprint density at radius 1 is 1.22 bits per heavy atom. The minimum atomic E-state index is -0.459. The molecule has 1 aromatic heterocycles. The Morgan fingerprint density at radius 3 is 2.65 bits per heavy atom. The quantitative estimate of drug-likeness (QED) is 0.774. The molecule has 2 amide bonds. The van der Waals surface area contributed by atoms with Crippen molar-refractivity contribution in [2.24, 2.45) is 0 Å². The summed E-state index contributed by atoms with van der Waals surface area (Å²) in [5.41, 5.74) is 7.52. The molecule has 0 bridgehead atoms. The summed E-state index contributed by atoms with van der Waals surface area (Å²) in [5, 5.41) is 5.50. The molecule has 1 saturated heterocycles. The minimum absolute atomic E-state index is 0.127.